The SMILES string of the molecule is Cc1c(N2CC(O)(C(F)(F)F)C2)c(F)cc2c(=O)n(N)c(=O)n(C3CC3)c12. The number of nitrogen functional groups attached to an aromatic ring is 1. The quantitative estimate of drug-likeness (QED) is 0.586. The number of nitrogens with zero attached hydrogens (tertiary/aromatic N) is 3. The van der Waals surface area contributed by atoms with Crippen molar-refractivity contribution in [3.8, 4) is 0 Å². The normalized spacial score (nSPS) is 19.4. The van der Waals surface area contributed by atoms with E-state index in [0.29, 0.717) is 17.5 Å². The Balaban J connectivity index is 1.92. The van der Waals surface area contributed by atoms with Crippen LogP contribution in [-0.4, -0.2) is 39.2 Å². The topological polar surface area (TPSA) is 93.5 Å². The summed E-state index contributed by atoms with van der Waals surface area (Å²) >= 11 is 0. The van der Waals surface area contributed by atoms with Crippen molar-refractivity contribution in [1.29, 1.82) is 0 Å². The third-order valence-corrected chi connectivity index (χ3v) is 5.23. The van der Waals surface area contributed by atoms with Crippen LogP contribution in [0.4, 0.5) is 23.2 Å². The highest BCUT2D eigenvalue weighted by molar-refractivity contribution is 5.87. The first-order chi connectivity index (χ1) is 12.5. The van der Waals surface area contributed by atoms with Gasteiger partial charge in [0.15, 0.2) is 5.60 Å². The number of halogens is 4. The first-order valence-electron chi connectivity index (χ1n) is 8.26. The standard InChI is InChI=1S/C16H16F4N4O3/c1-7-11-9(13(25)24(21)14(26)23(11)8-2-3-8)4-10(17)12(7)22-5-15(27,6-22)16(18,19)20/h4,8,27H,2-3,5-6,21H2,1H3. The maximum atomic E-state index is 14.7. The van der Waals surface area contributed by atoms with E-state index in [1.54, 1.807) is 0 Å². The van der Waals surface area contributed by atoms with Crippen molar-refractivity contribution < 1.29 is 22.7 Å². The lowest BCUT2D eigenvalue weighted by Crippen LogP contribution is -2.69. The van der Waals surface area contributed by atoms with E-state index in [2.05, 4.69) is 0 Å². The lowest BCUT2D eigenvalue weighted by molar-refractivity contribution is -0.267. The highest BCUT2D eigenvalue weighted by Crippen LogP contribution is 2.43. The van der Waals surface area contributed by atoms with Crippen LogP contribution in [0.3, 0.4) is 0 Å². The Labute approximate surface area is 149 Å². The Morgan fingerprint density at radius 1 is 1.26 bits per heavy atom. The summed E-state index contributed by atoms with van der Waals surface area (Å²) in [5.41, 5.74) is -4.40. The van der Waals surface area contributed by atoms with Gasteiger partial charge in [0.25, 0.3) is 5.56 Å². The van der Waals surface area contributed by atoms with E-state index >= 15 is 0 Å². The fourth-order valence-electron chi connectivity index (χ4n) is 3.64. The van der Waals surface area contributed by atoms with Crippen LogP contribution in [-0.2, 0) is 0 Å². The molecule has 1 aliphatic carbocycles. The number of benzene rings is 1. The zero-order chi connectivity index (χ0) is 19.9. The van der Waals surface area contributed by atoms with Crippen LogP contribution in [0.2, 0.25) is 0 Å². The van der Waals surface area contributed by atoms with Crippen molar-refractivity contribution in [2.75, 3.05) is 23.8 Å². The molecule has 2 fully saturated rings. The highest BCUT2D eigenvalue weighted by atomic mass is 19.4. The second-order valence-corrected chi connectivity index (χ2v) is 7.17. The second-order valence-electron chi connectivity index (χ2n) is 7.17. The van der Waals surface area contributed by atoms with Crippen LogP contribution in [0.25, 0.3) is 10.9 Å². The van der Waals surface area contributed by atoms with Crippen LogP contribution in [0.5, 0.6) is 0 Å². The monoisotopic (exact) mass is 388 g/mol. The van der Waals surface area contributed by atoms with Gasteiger partial charge >= 0.3 is 11.9 Å². The molecule has 0 atom stereocenters. The predicted octanol–water partition coefficient (Wildman–Crippen LogP) is 0.773. The summed E-state index contributed by atoms with van der Waals surface area (Å²) in [6, 6.07) is 0.683. The molecule has 7 nitrogen and oxygen atoms in total. The third kappa shape index (κ3) is 2.37. The van der Waals surface area contributed by atoms with Gasteiger partial charge < -0.3 is 15.8 Å². The number of alkyl halides is 3. The molecule has 1 aromatic heterocycles. The van der Waals surface area contributed by atoms with Gasteiger partial charge in [0.1, 0.15) is 5.82 Å². The predicted molar refractivity (Wildman–Crippen MR) is 88.8 cm³/mol. The van der Waals surface area contributed by atoms with E-state index < -0.39 is 41.9 Å². The molecule has 2 heterocycles. The number of nitrogens with two attached hydrogens (primary N) is 1. The maximum Gasteiger partial charge on any atom is 0.420 e. The van der Waals surface area contributed by atoms with E-state index in [1.807, 2.05) is 0 Å². The fourth-order valence-corrected chi connectivity index (χ4v) is 3.64. The third-order valence-electron chi connectivity index (χ3n) is 5.23. The van der Waals surface area contributed by atoms with E-state index in [4.69, 9.17) is 5.84 Å². The molecule has 2 aliphatic rings. The van der Waals surface area contributed by atoms with E-state index in [9.17, 15) is 32.3 Å². The molecule has 0 amide bonds. The molecule has 1 saturated heterocycles. The smallest absolute Gasteiger partial charge is 0.378 e. The number of aliphatic hydroxyl groups is 1. The average molecular weight is 388 g/mol. The van der Waals surface area contributed by atoms with Crippen molar-refractivity contribution >= 4 is 16.6 Å². The minimum atomic E-state index is -4.84. The van der Waals surface area contributed by atoms with Gasteiger partial charge in [-0.3, -0.25) is 9.36 Å². The molecule has 1 aliphatic heterocycles. The molecule has 0 radical (unpaired) electrons. The number of β-amino-alcohol motifs (C(OH)–C–C–N with tert-alkyl or cyclic N) is 1. The molecular weight excluding hydrogens is 372 g/mol. The number of aromatic nitrogens is 2. The molecule has 146 valence electrons. The summed E-state index contributed by atoms with van der Waals surface area (Å²) in [5, 5.41) is 9.52. The summed E-state index contributed by atoms with van der Waals surface area (Å²) in [6.45, 7) is -0.229. The number of fused-ring (bicyclic) bond motifs is 1. The Kier molecular flexibility index (Phi) is 3.46. The summed E-state index contributed by atoms with van der Waals surface area (Å²) in [7, 11) is 0. The van der Waals surface area contributed by atoms with Crippen molar-refractivity contribution in [2.45, 2.75) is 37.6 Å². The van der Waals surface area contributed by atoms with Gasteiger partial charge in [0.05, 0.1) is 29.7 Å². The molecule has 0 spiro atoms. The number of rotatable bonds is 2. The fraction of sp³-hybridized carbons (Fsp3) is 0.500. The van der Waals surface area contributed by atoms with Crippen LogP contribution >= 0.6 is 0 Å². The summed E-state index contributed by atoms with van der Waals surface area (Å²) < 4.78 is 55.0. The molecule has 0 unspecified atom stereocenters. The molecule has 1 aromatic carbocycles. The number of aryl methyl sites for hydroxylation is 1. The van der Waals surface area contributed by atoms with E-state index in [1.165, 1.54) is 11.5 Å². The van der Waals surface area contributed by atoms with Gasteiger partial charge in [-0.2, -0.15) is 17.8 Å². The molecule has 0 bridgehead atoms. The first kappa shape index (κ1) is 17.8. The molecule has 2 aromatic rings. The Morgan fingerprint density at radius 2 is 1.85 bits per heavy atom. The van der Waals surface area contributed by atoms with Crippen molar-refractivity contribution in [2.24, 2.45) is 0 Å². The zero-order valence-corrected chi connectivity index (χ0v) is 14.2. The minimum absolute atomic E-state index is 0.116. The minimum Gasteiger partial charge on any atom is -0.378 e. The molecule has 1 saturated carbocycles. The summed E-state index contributed by atoms with van der Waals surface area (Å²) in [6.07, 6.45) is -3.48. The number of anilines is 1. The molecule has 27 heavy (non-hydrogen) atoms. The average Bonchev–Trinajstić information content (AvgIpc) is 3.36. The largest absolute Gasteiger partial charge is 0.420 e. The summed E-state index contributed by atoms with van der Waals surface area (Å²) in [5.74, 6) is 4.60. The molecule has 11 heteroatoms. The van der Waals surface area contributed by atoms with Crippen LogP contribution in [0, 0.1) is 12.7 Å². The molecular formula is C16H16F4N4O3. The van der Waals surface area contributed by atoms with Crippen LogP contribution in [0.1, 0.15) is 24.4 Å². The van der Waals surface area contributed by atoms with Gasteiger partial charge in [0.2, 0.25) is 0 Å². The second kappa shape index (κ2) is 5.24. The summed E-state index contributed by atoms with van der Waals surface area (Å²) in [4.78, 5) is 25.8. The highest BCUT2D eigenvalue weighted by Gasteiger charge is 2.61. The van der Waals surface area contributed by atoms with Crippen molar-refractivity contribution in [3.63, 3.8) is 0 Å². The van der Waals surface area contributed by atoms with Crippen molar-refractivity contribution in [1.82, 2.24) is 9.24 Å². The Hall–Kier alpha value is -2.56. The van der Waals surface area contributed by atoms with E-state index in [0.717, 1.165) is 11.0 Å². The molecule has 3 N–H and O–H groups in total. The Bertz CT molecular complexity index is 1080. The maximum absolute atomic E-state index is 14.7. The van der Waals surface area contributed by atoms with Gasteiger partial charge in [-0.15, -0.1) is 0 Å². The van der Waals surface area contributed by atoms with Gasteiger partial charge in [0, 0.05) is 11.6 Å². The van der Waals surface area contributed by atoms with Crippen molar-refractivity contribution in [3.05, 3.63) is 38.3 Å². The van der Waals surface area contributed by atoms with Gasteiger partial charge in [-0.05, 0) is 25.8 Å². The number of hydrogen-bond donors (Lipinski definition) is 2. The molecule has 4 rings (SSSR count). The lowest BCUT2D eigenvalue weighted by atomic mass is 9.91. The van der Waals surface area contributed by atoms with Gasteiger partial charge in [-0.1, -0.05) is 0 Å². The van der Waals surface area contributed by atoms with Crippen LogP contribution in [0.15, 0.2) is 15.7 Å². The van der Waals surface area contributed by atoms with Crippen LogP contribution < -0.4 is 22.0 Å². The van der Waals surface area contributed by atoms with E-state index in [-0.39, 0.29) is 28.2 Å². The lowest BCUT2D eigenvalue weighted by Gasteiger charge is -2.48. The first-order valence-corrected chi connectivity index (χ1v) is 8.26. The Morgan fingerprint density at radius 3 is 2.37 bits per heavy atom. The van der Waals surface area contributed by atoms with Gasteiger partial charge in [-0.25, -0.2) is 9.18 Å². The number of hydrogen-bond acceptors (Lipinski definition) is 5. The zero-order valence-electron chi connectivity index (χ0n) is 14.2.